The number of halogens is 2. The summed E-state index contributed by atoms with van der Waals surface area (Å²) in [6.07, 6.45) is 0. The van der Waals surface area contributed by atoms with Gasteiger partial charge in [0, 0.05) is 0 Å². The van der Waals surface area contributed by atoms with Crippen molar-refractivity contribution in [3.05, 3.63) is 82.4 Å². The Kier molecular flexibility index (Phi) is 5.68. The number of rotatable bonds is 4. The maximum Gasteiger partial charge on any atom is 0.336 e. The van der Waals surface area contributed by atoms with E-state index in [2.05, 4.69) is 0 Å². The molecule has 0 fully saturated rings. The van der Waals surface area contributed by atoms with E-state index in [9.17, 15) is 28.6 Å². The molecular formula is C25H22F2O4. The van der Waals surface area contributed by atoms with Crippen LogP contribution < -0.4 is 0 Å². The molecule has 0 radical (unpaired) electrons. The van der Waals surface area contributed by atoms with Crippen molar-refractivity contribution in [3.63, 3.8) is 0 Å². The second-order valence-corrected chi connectivity index (χ2v) is 8.46. The number of carbonyl (C=O) groups is 2. The van der Waals surface area contributed by atoms with Gasteiger partial charge in [0.15, 0.2) is 0 Å². The zero-order valence-electron chi connectivity index (χ0n) is 17.6. The van der Waals surface area contributed by atoms with Gasteiger partial charge in [-0.25, -0.2) is 18.4 Å². The van der Waals surface area contributed by atoms with Crippen molar-refractivity contribution in [2.75, 3.05) is 0 Å². The van der Waals surface area contributed by atoms with Crippen molar-refractivity contribution in [3.8, 4) is 22.3 Å². The SMILES string of the molecule is Cc1cc(C(C)(C)C)cc(-c2cc(F)ccc2C(=O)O)c1-c1cc(F)ccc1C(=O)O. The molecular weight excluding hydrogens is 402 g/mol. The quantitative estimate of drug-likeness (QED) is 0.515. The summed E-state index contributed by atoms with van der Waals surface area (Å²) < 4.78 is 28.3. The largest absolute Gasteiger partial charge is 0.478 e. The molecule has 0 bridgehead atoms. The zero-order chi connectivity index (χ0) is 23.1. The monoisotopic (exact) mass is 424 g/mol. The third-order valence-corrected chi connectivity index (χ3v) is 5.19. The van der Waals surface area contributed by atoms with Crippen molar-refractivity contribution in [2.24, 2.45) is 0 Å². The van der Waals surface area contributed by atoms with Crippen LogP contribution in [-0.4, -0.2) is 22.2 Å². The van der Waals surface area contributed by atoms with Crippen molar-refractivity contribution < 1.29 is 28.6 Å². The lowest BCUT2D eigenvalue weighted by atomic mass is 9.79. The van der Waals surface area contributed by atoms with Crippen LogP contribution >= 0.6 is 0 Å². The lowest BCUT2D eigenvalue weighted by Crippen LogP contribution is -2.13. The van der Waals surface area contributed by atoms with Crippen LogP contribution in [0, 0.1) is 18.6 Å². The van der Waals surface area contributed by atoms with Gasteiger partial charge in [-0.15, -0.1) is 0 Å². The molecule has 0 aliphatic carbocycles. The van der Waals surface area contributed by atoms with Crippen LogP contribution in [0.1, 0.15) is 52.6 Å². The molecule has 0 heterocycles. The molecule has 31 heavy (non-hydrogen) atoms. The molecule has 0 saturated heterocycles. The highest BCUT2D eigenvalue weighted by Gasteiger charge is 2.25. The minimum Gasteiger partial charge on any atom is -0.478 e. The molecule has 4 nitrogen and oxygen atoms in total. The Morgan fingerprint density at radius 3 is 1.71 bits per heavy atom. The second kappa shape index (κ2) is 7.95. The number of carboxylic acids is 2. The van der Waals surface area contributed by atoms with E-state index in [-0.39, 0.29) is 27.7 Å². The first-order valence-corrected chi connectivity index (χ1v) is 9.61. The van der Waals surface area contributed by atoms with E-state index in [0.29, 0.717) is 16.7 Å². The average Bonchev–Trinajstić information content (AvgIpc) is 2.65. The minimum atomic E-state index is -1.25. The molecule has 0 atom stereocenters. The maximum absolute atomic E-state index is 14.2. The topological polar surface area (TPSA) is 74.6 Å². The van der Waals surface area contributed by atoms with Crippen LogP contribution in [0.25, 0.3) is 22.3 Å². The van der Waals surface area contributed by atoms with Crippen molar-refractivity contribution >= 4 is 11.9 Å². The van der Waals surface area contributed by atoms with Gasteiger partial charge in [-0.1, -0.05) is 26.8 Å². The highest BCUT2D eigenvalue weighted by Crippen LogP contribution is 2.41. The van der Waals surface area contributed by atoms with E-state index < -0.39 is 23.6 Å². The Labute approximate surface area is 178 Å². The predicted octanol–water partition coefficient (Wildman–Crippen LogP) is 6.30. The van der Waals surface area contributed by atoms with Crippen LogP contribution in [-0.2, 0) is 5.41 Å². The Hall–Kier alpha value is -3.54. The zero-order valence-corrected chi connectivity index (χ0v) is 17.6. The molecule has 6 heteroatoms. The molecule has 0 unspecified atom stereocenters. The normalized spacial score (nSPS) is 11.4. The fourth-order valence-electron chi connectivity index (χ4n) is 3.63. The highest BCUT2D eigenvalue weighted by molar-refractivity contribution is 6.03. The molecule has 160 valence electrons. The van der Waals surface area contributed by atoms with E-state index in [4.69, 9.17) is 0 Å². The summed E-state index contributed by atoms with van der Waals surface area (Å²) in [6.45, 7) is 7.66. The molecule has 3 rings (SSSR count). The van der Waals surface area contributed by atoms with E-state index >= 15 is 0 Å². The second-order valence-electron chi connectivity index (χ2n) is 8.46. The van der Waals surface area contributed by atoms with Gasteiger partial charge in [-0.2, -0.15) is 0 Å². The van der Waals surface area contributed by atoms with Gasteiger partial charge >= 0.3 is 11.9 Å². The molecule has 3 aromatic rings. The van der Waals surface area contributed by atoms with Crippen LogP contribution in [0.2, 0.25) is 0 Å². The number of aromatic carboxylic acids is 2. The van der Waals surface area contributed by atoms with Gasteiger partial charge in [-0.05, 0) is 88.2 Å². The number of hydrogen-bond acceptors (Lipinski definition) is 2. The number of benzene rings is 3. The highest BCUT2D eigenvalue weighted by atomic mass is 19.1. The summed E-state index contributed by atoms with van der Waals surface area (Å²) in [6, 6.07) is 10.2. The Balaban J connectivity index is 2.52. The van der Waals surface area contributed by atoms with E-state index in [1.54, 1.807) is 13.0 Å². The third kappa shape index (κ3) is 4.33. The van der Waals surface area contributed by atoms with Crippen LogP contribution in [0.3, 0.4) is 0 Å². The maximum atomic E-state index is 14.2. The summed E-state index contributed by atoms with van der Waals surface area (Å²) in [5, 5.41) is 19.4. The van der Waals surface area contributed by atoms with Gasteiger partial charge in [-0.3, -0.25) is 0 Å². The van der Waals surface area contributed by atoms with E-state index in [1.165, 1.54) is 6.07 Å². The Morgan fingerprint density at radius 2 is 1.23 bits per heavy atom. The molecule has 0 aromatic heterocycles. The molecule has 0 saturated carbocycles. The Bertz CT molecular complexity index is 1210. The van der Waals surface area contributed by atoms with Crippen molar-refractivity contribution in [1.29, 1.82) is 0 Å². The molecule has 3 aromatic carbocycles. The molecule has 0 aliphatic heterocycles. The summed E-state index contributed by atoms with van der Waals surface area (Å²) in [5.41, 5.74) is 1.73. The number of carboxylic acid groups (broad SMARTS) is 2. The Morgan fingerprint density at radius 1 is 0.742 bits per heavy atom. The minimum absolute atomic E-state index is 0.0947. The van der Waals surface area contributed by atoms with Crippen molar-refractivity contribution in [1.82, 2.24) is 0 Å². The number of hydrogen-bond donors (Lipinski definition) is 2. The van der Waals surface area contributed by atoms with E-state index in [1.807, 2.05) is 26.8 Å². The summed E-state index contributed by atoms with van der Waals surface area (Å²) in [7, 11) is 0. The summed E-state index contributed by atoms with van der Waals surface area (Å²) in [4.78, 5) is 23.7. The molecule has 0 spiro atoms. The fourth-order valence-corrected chi connectivity index (χ4v) is 3.63. The van der Waals surface area contributed by atoms with E-state index in [0.717, 1.165) is 35.9 Å². The lowest BCUT2D eigenvalue weighted by molar-refractivity contribution is 0.0686. The average molecular weight is 424 g/mol. The third-order valence-electron chi connectivity index (χ3n) is 5.19. The van der Waals surface area contributed by atoms with Gasteiger partial charge < -0.3 is 10.2 Å². The van der Waals surface area contributed by atoms with Crippen LogP contribution in [0.5, 0.6) is 0 Å². The van der Waals surface area contributed by atoms with Gasteiger partial charge in [0.25, 0.3) is 0 Å². The van der Waals surface area contributed by atoms with Gasteiger partial charge in [0.1, 0.15) is 11.6 Å². The molecule has 0 amide bonds. The summed E-state index contributed by atoms with van der Waals surface area (Å²) in [5.74, 6) is -3.78. The first-order chi connectivity index (χ1) is 14.4. The lowest BCUT2D eigenvalue weighted by Gasteiger charge is -2.24. The fraction of sp³-hybridized carbons (Fsp3) is 0.200. The molecule has 0 aliphatic rings. The van der Waals surface area contributed by atoms with Crippen LogP contribution in [0.15, 0.2) is 48.5 Å². The number of aryl methyl sites for hydroxylation is 1. The smallest absolute Gasteiger partial charge is 0.336 e. The van der Waals surface area contributed by atoms with Gasteiger partial charge in [0.2, 0.25) is 0 Å². The first kappa shape index (κ1) is 22.2. The standard InChI is InChI=1S/C25H22F2O4/c1-13-9-14(25(2,3)4)10-20(19-11-15(26)5-7-17(19)23(28)29)22(13)21-12-16(27)6-8-18(21)24(30)31/h5-12H,1-4H3,(H,28,29)(H,30,31). The summed E-state index contributed by atoms with van der Waals surface area (Å²) >= 11 is 0. The van der Waals surface area contributed by atoms with Gasteiger partial charge in [0.05, 0.1) is 11.1 Å². The predicted molar refractivity (Wildman–Crippen MR) is 115 cm³/mol. The van der Waals surface area contributed by atoms with Crippen LogP contribution in [0.4, 0.5) is 8.78 Å². The van der Waals surface area contributed by atoms with Crippen molar-refractivity contribution in [2.45, 2.75) is 33.1 Å². The molecule has 2 N–H and O–H groups in total. The first-order valence-electron chi connectivity index (χ1n) is 9.61.